The van der Waals surface area contributed by atoms with E-state index < -0.39 is 12.2 Å². The number of alkyl carbamates (subject to hydrolysis) is 1. The van der Waals surface area contributed by atoms with Gasteiger partial charge in [-0.25, -0.2) is 9.78 Å². The molecule has 2 aromatic carbocycles. The molecule has 0 radical (unpaired) electrons. The third-order valence-corrected chi connectivity index (χ3v) is 4.80. The Morgan fingerprint density at radius 1 is 1.03 bits per heavy atom. The zero-order valence-corrected chi connectivity index (χ0v) is 16.8. The first kappa shape index (κ1) is 20.4. The Labute approximate surface area is 179 Å². The number of benzene rings is 2. The van der Waals surface area contributed by atoms with E-state index in [4.69, 9.17) is 13.9 Å². The second-order valence-electron chi connectivity index (χ2n) is 7.13. The maximum atomic E-state index is 11.5. The number of carbonyl (C=O) groups is 2. The van der Waals surface area contributed by atoms with Gasteiger partial charge in [0.05, 0.1) is 0 Å². The molecule has 1 saturated heterocycles. The van der Waals surface area contributed by atoms with Crippen LogP contribution in [0.1, 0.15) is 35.6 Å². The molecule has 0 aliphatic carbocycles. The van der Waals surface area contributed by atoms with Crippen molar-refractivity contribution in [3.05, 3.63) is 83.6 Å². The van der Waals surface area contributed by atoms with Gasteiger partial charge in [0.25, 0.3) is 5.91 Å². The fraction of sp³-hybridized carbons (Fsp3) is 0.208. The molecule has 1 N–H and O–H groups in total. The highest BCUT2D eigenvalue weighted by atomic mass is 16.6. The van der Waals surface area contributed by atoms with E-state index in [9.17, 15) is 9.59 Å². The van der Waals surface area contributed by atoms with Crippen molar-refractivity contribution in [3.8, 4) is 5.75 Å². The summed E-state index contributed by atoms with van der Waals surface area (Å²) in [6.07, 6.45) is 6.04. The zero-order chi connectivity index (χ0) is 21.5. The first-order chi connectivity index (χ1) is 15.2. The number of nitrogens with one attached hydrogen (secondary N) is 1. The van der Waals surface area contributed by atoms with Crippen molar-refractivity contribution in [3.63, 3.8) is 0 Å². The Bertz CT molecular complexity index is 1060. The Morgan fingerprint density at radius 3 is 2.58 bits per heavy atom. The fourth-order valence-electron chi connectivity index (χ4n) is 3.18. The predicted molar refractivity (Wildman–Crippen MR) is 114 cm³/mol. The van der Waals surface area contributed by atoms with Gasteiger partial charge in [0, 0.05) is 6.08 Å². The van der Waals surface area contributed by atoms with E-state index in [1.807, 2.05) is 66.7 Å². The van der Waals surface area contributed by atoms with Gasteiger partial charge in [-0.15, -0.1) is 0 Å². The van der Waals surface area contributed by atoms with E-state index in [0.29, 0.717) is 24.6 Å². The fourth-order valence-corrected chi connectivity index (χ4v) is 3.18. The van der Waals surface area contributed by atoms with Crippen LogP contribution in [0.2, 0.25) is 0 Å². The quantitative estimate of drug-likeness (QED) is 0.555. The van der Waals surface area contributed by atoms with Crippen molar-refractivity contribution < 1.29 is 23.5 Å². The molecule has 1 unspecified atom stereocenters. The Balaban J connectivity index is 1.21. The molecular weight excluding hydrogens is 396 g/mol. The van der Waals surface area contributed by atoms with Crippen LogP contribution >= 0.6 is 0 Å². The Kier molecular flexibility index (Phi) is 6.42. The van der Waals surface area contributed by atoms with E-state index in [-0.39, 0.29) is 5.91 Å². The molecule has 0 spiro atoms. The zero-order valence-electron chi connectivity index (χ0n) is 16.8. The maximum absolute atomic E-state index is 11.5. The largest absolute Gasteiger partial charge is 0.487 e. The standard InChI is InChI=1S/C24H22N2O5/c27-23-21(31-24(28)26-23)8-4-7-18-9-12-20(13-10-18)29-15-19-16-30-22(25-19)14-11-17-5-2-1-3-6-17/h1-3,5-6,9-14,16,21H,4,7-8,15H2,(H,26,27,28)/b14-11+. The normalized spacial score (nSPS) is 15.8. The van der Waals surface area contributed by atoms with E-state index >= 15 is 0 Å². The number of ether oxygens (including phenoxy) is 2. The summed E-state index contributed by atoms with van der Waals surface area (Å²) in [5, 5.41) is 2.13. The van der Waals surface area contributed by atoms with Gasteiger partial charge >= 0.3 is 6.09 Å². The molecule has 1 atom stereocenters. The minimum atomic E-state index is -0.676. The Hall–Kier alpha value is -3.87. The Morgan fingerprint density at radius 2 is 1.84 bits per heavy atom. The first-order valence-electron chi connectivity index (χ1n) is 10.1. The van der Waals surface area contributed by atoms with E-state index in [1.165, 1.54) is 0 Å². The highest BCUT2D eigenvalue weighted by Gasteiger charge is 2.31. The number of aryl methyl sites for hydroxylation is 1. The number of amides is 2. The van der Waals surface area contributed by atoms with Gasteiger partial charge in [0.2, 0.25) is 5.89 Å². The predicted octanol–water partition coefficient (Wildman–Crippen LogP) is 4.38. The van der Waals surface area contributed by atoms with Crippen LogP contribution in [0.25, 0.3) is 12.2 Å². The van der Waals surface area contributed by atoms with Gasteiger partial charge in [0.15, 0.2) is 6.10 Å². The van der Waals surface area contributed by atoms with Crippen LogP contribution in [0.15, 0.2) is 65.3 Å². The molecule has 31 heavy (non-hydrogen) atoms. The van der Waals surface area contributed by atoms with Crippen molar-refractivity contribution in [2.45, 2.75) is 32.0 Å². The molecule has 7 heteroatoms. The van der Waals surface area contributed by atoms with Crippen LogP contribution in [0.4, 0.5) is 4.79 Å². The van der Waals surface area contributed by atoms with Crippen LogP contribution in [0, 0.1) is 0 Å². The molecule has 4 rings (SSSR count). The topological polar surface area (TPSA) is 90.7 Å². The van der Waals surface area contributed by atoms with Crippen molar-refractivity contribution >= 4 is 24.2 Å². The van der Waals surface area contributed by atoms with Gasteiger partial charge < -0.3 is 13.9 Å². The third-order valence-electron chi connectivity index (χ3n) is 4.80. The molecule has 0 saturated carbocycles. The lowest BCUT2D eigenvalue weighted by Crippen LogP contribution is -2.24. The summed E-state index contributed by atoms with van der Waals surface area (Å²) < 4.78 is 16.1. The molecule has 1 fully saturated rings. The van der Waals surface area contributed by atoms with E-state index in [2.05, 4.69) is 10.3 Å². The number of carbonyl (C=O) groups excluding carboxylic acids is 2. The number of oxazole rings is 1. The molecule has 3 aromatic rings. The minimum absolute atomic E-state index is 0.310. The van der Waals surface area contributed by atoms with Gasteiger partial charge in [-0.1, -0.05) is 42.5 Å². The highest BCUT2D eigenvalue weighted by molar-refractivity contribution is 5.99. The maximum Gasteiger partial charge on any atom is 0.414 e. The average Bonchev–Trinajstić information content (AvgIpc) is 3.38. The highest BCUT2D eigenvalue weighted by Crippen LogP contribution is 2.17. The SMILES string of the molecule is O=C1NC(=O)C(CCCc2ccc(OCc3coc(/C=C/c4ccccc4)n3)cc2)O1. The van der Waals surface area contributed by atoms with Crippen molar-refractivity contribution in [2.24, 2.45) is 0 Å². The number of nitrogens with zero attached hydrogens (tertiary/aromatic N) is 1. The molecule has 2 amide bonds. The monoisotopic (exact) mass is 418 g/mol. The number of aromatic nitrogens is 1. The van der Waals surface area contributed by atoms with Crippen molar-refractivity contribution in [1.29, 1.82) is 0 Å². The second-order valence-corrected chi connectivity index (χ2v) is 7.13. The minimum Gasteiger partial charge on any atom is -0.487 e. The summed E-state index contributed by atoms with van der Waals surface area (Å²) in [4.78, 5) is 26.9. The number of imide groups is 1. The molecule has 0 bridgehead atoms. The summed E-state index contributed by atoms with van der Waals surface area (Å²) in [6.45, 7) is 0.310. The average molecular weight is 418 g/mol. The van der Waals surface area contributed by atoms with Crippen LogP contribution in [-0.2, 0) is 22.6 Å². The van der Waals surface area contributed by atoms with Crippen molar-refractivity contribution in [2.75, 3.05) is 0 Å². The van der Waals surface area contributed by atoms with Gasteiger partial charge in [0.1, 0.15) is 24.3 Å². The number of rotatable bonds is 9. The second kappa shape index (κ2) is 9.75. The molecule has 1 aromatic heterocycles. The third kappa shape index (κ3) is 5.82. The lowest BCUT2D eigenvalue weighted by Gasteiger charge is -2.07. The van der Waals surface area contributed by atoms with Crippen molar-refractivity contribution in [1.82, 2.24) is 10.3 Å². The van der Waals surface area contributed by atoms with Gasteiger partial charge in [-0.3, -0.25) is 10.1 Å². The smallest absolute Gasteiger partial charge is 0.414 e. The molecule has 7 nitrogen and oxygen atoms in total. The van der Waals surface area contributed by atoms with Gasteiger partial charge in [-0.2, -0.15) is 0 Å². The summed E-state index contributed by atoms with van der Waals surface area (Å²) in [5.41, 5.74) is 2.90. The van der Waals surface area contributed by atoms with E-state index in [1.54, 1.807) is 6.26 Å². The van der Waals surface area contributed by atoms with Crippen LogP contribution in [0.5, 0.6) is 5.75 Å². The number of cyclic esters (lactones) is 1. The van der Waals surface area contributed by atoms with Gasteiger partial charge in [-0.05, 0) is 48.6 Å². The summed E-state index contributed by atoms with van der Waals surface area (Å²) in [5.74, 6) is 0.900. The van der Waals surface area contributed by atoms with E-state index in [0.717, 1.165) is 29.7 Å². The van der Waals surface area contributed by atoms with Crippen LogP contribution in [0.3, 0.4) is 0 Å². The lowest BCUT2D eigenvalue weighted by atomic mass is 10.1. The molecular formula is C24H22N2O5. The number of hydrogen-bond donors (Lipinski definition) is 1. The molecule has 1 aliphatic rings. The summed E-state index contributed by atoms with van der Waals surface area (Å²) >= 11 is 0. The lowest BCUT2D eigenvalue weighted by molar-refractivity contribution is -0.123. The first-order valence-corrected chi connectivity index (χ1v) is 10.1. The molecule has 158 valence electrons. The summed E-state index contributed by atoms with van der Waals surface area (Å²) in [6, 6.07) is 17.7. The summed E-state index contributed by atoms with van der Waals surface area (Å²) in [7, 11) is 0. The van der Waals surface area contributed by atoms with Crippen LogP contribution in [-0.4, -0.2) is 23.1 Å². The van der Waals surface area contributed by atoms with Crippen LogP contribution < -0.4 is 10.1 Å². The molecule has 2 heterocycles. The molecule has 1 aliphatic heterocycles. The number of hydrogen-bond acceptors (Lipinski definition) is 6.